The van der Waals surface area contributed by atoms with Gasteiger partial charge >= 0.3 is 0 Å². The smallest absolute Gasteiger partial charge is 0.0708 e. The molecular formula is C42H54N2P2. The Kier molecular flexibility index (Phi) is 10.0. The Labute approximate surface area is 280 Å². The first-order valence-corrected chi connectivity index (χ1v) is 22.2. The maximum Gasteiger partial charge on any atom is 0.0708 e. The van der Waals surface area contributed by atoms with Crippen LogP contribution in [0, 0.1) is 0 Å². The van der Waals surface area contributed by atoms with E-state index in [1.165, 1.54) is 150 Å². The molecule has 46 heavy (non-hydrogen) atoms. The Morgan fingerprint density at radius 3 is 1.04 bits per heavy atom. The van der Waals surface area contributed by atoms with Gasteiger partial charge in [0, 0.05) is 34.3 Å². The maximum absolute atomic E-state index is 5.02. The average Bonchev–Trinajstić information content (AvgIpc) is 3.14. The number of nitrogens with zero attached hydrogens (tertiary/aromatic N) is 2. The molecule has 2 nitrogen and oxygen atoms in total. The SMILES string of the molecule is c1cnc2ccc(P(C3CCCCC3)C3CCCCC3)c(-c3c(P(C4CCCCC4)C4CCCCC4)ccc4ncccc34)c2c1. The van der Waals surface area contributed by atoms with Crippen molar-refractivity contribution in [1.29, 1.82) is 0 Å². The van der Waals surface area contributed by atoms with Crippen LogP contribution in [0.25, 0.3) is 32.9 Å². The molecule has 0 N–H and O–H groups in total. The quantitative estimate of drug-likeness (QED) is 0.186. The van der Waals surface area contributed by atoms with Crippen molar-refractivity contribution in [1.82, 2.24) is 9.97 Å². The van der Waals surface area contributed by atoms with Crippen molar-refractivity contribution in [3.63, 3.8) is 0 Å². The summed E-state index contributed by atoms with van der Waals surface area (Å²) in [4.78, 5) is 10.0. The molecule has 0 unspecified atom stereocenters. The molecule has 4 heteroatoms. The van der Waals surface area contributed by atoms with Gasteiger partial charge in [0.15, 0.2) is 0 Å². The van der Waals surface area contributed by atoms with E-state index >= 15 is 0 Å². The standard InChI is InChI=1S/C42H54N2P2/c1-5-15-31(16-6-1)45(32-17-7-2-8-18-32)39-27-25-37-35(23-13-29-43-37)41(39)42-36-24-14-30-44-38(36)26-28-40(42)46(33-19-9-3-10-20-33)34-21-11-4-12-22-34/h13-14,23-34H,1-12,15-22H2. The third kappa shape index (κ3) is 6.32. The number of hydrogen-bond donors (Lipinski definition) is 0. The van der Waals surface area contributed by atoms with Gasteiger partial charge in [-0.05, 0) is 109 Å². The topological polar surface area (TPSA) is 25.8 Å². The van der Waals surface area contributed by atoms with Crippen LogP contribution in [0.5, 0.6) is 0 Å². The van der Waals surface area contributed by atoms with Crippen molar-refractivity contribution < 1.29 is 0 Å². The molecule has 2 aromatic heterocycles. The summed E-state index contributed by atoms with van der Waals surface area (Å²) in [5.41, 5.74) is 9.00. The van der Waals surface area contributed by atoms with Crippen LogP contribution >= 0.6 is 15.8 Å². The molecule has 4 aliphatic rings. The average molecular weight is 649 g/mol. The minimum atomic E-state index is -0.267. The highest BCUT2D eigenvalue weighted by atomic mass is 31.1. The Bertz CT molecular complexity index is 1450. The number of hydrogen-bond acceptors (Lipinski definition) is 2. The molecular weight excluding hydrogens is 594 g/mol. The predicted octanol–water partition coefficient (Wildman–Crippen LogP) is 12.0. The Balaban J connectivity index is 1.41. The van der Waals surface area contributed by atoms with Crippen molar-refractivity contribution in [2.75, 3.05) is 0 Å². The minimum absolute atomic E-state index is 0.267. The summed E-state index contributed by atoms with van der Waals surface area (Å²) in [6.07, 6.45) is 32.7. The molecule has 0 atom stereocenters. The van der Waals surface area contributed by atoms with E-state index in [1.54, 1.807) is 21.7 Å². The summed E-state index contributed by atoms with van der Waals surface area (Å²) in [7, 11) is -0.533. The summed E-state index contributed by atoms with van der Waals surface area (Å²) in [6, 6.07) is 19.3. The lowest BCUT2D eigenvalue weighted by molar-refractivity contribution is 0.487. The van der Waals surface area contributed by atoms with Crippen LogP contribution in [0.1, 0.15) is 128 Å². The lowest BCUT2D eigenvalue weighted by atomic mass is 9.96. The second kappa shape index (κ2) is 14.7. The summed E-state index contributed by atoms with van der Waals surface area (Å²) >= 11 is 0. The molecule has 2 aromatic carbocycles. The van der Waals surface area contributed by atoms with Gasteiger partial charge in [0.25, 0.3) is 0 Å². The molecule has 0 radical (unpaired) electrons. The number of rotatable bonds is 7. The molecule has 0 amide bonds. The van der Waals surface area contributed by atoms with Gasteiger partial charge in [0.2, 0.25) is 0 Å². The third-order valence-electron chi connectivity index (χ3n) is 12.2. The molecule has 4 aromatic rings. The zero-order valence-corrected chi connectivity index (χ0v) is 29.8. The summed E-state index contributed by atoms with van der Waals surface area (Å²) in [5, 5.41) is 6.27. The van der Waals surface area contributed by atoms with E-state index in [0.29, 0.717) is 0 Å². The van der Waals surface area contributed by atoms with Crippen LogP contribution in [0.2, 0.25) is 0 Å². The van der Waals surface area contributed by atoms with Crippen LogP contribution in [0.3, 0.4) is 0 Å². The maximum atomic E-state index is 5.02. The van der Waals surface area contributed by atoms with Crippen LogP contribution in [0.15, 0.2) is 60.9 Å². The molecule has 242 valence electrons. The summed E-state index contributed by atoms with van der Waals surface area (Å²) in [6.45, 7) is 0. The van der Waals surface area contributed by atoms with Crippen molar-refractivity contribution in [2.24, 2.45) is 0 Å². The zero-order valence-electron chi connectivity index (χ0n) is 28.0. The molecule has 0 bridgehead atoms. The van der Waals surface area contributed by atoms with Crippen molar-refractivity contribution in [3.8, 4) is 11.1 Å². The lowest BCUT2D eigenvalue weighted by Crippen LogP contribution is -2.30. The first kappa shape index (κ1) is 31.4. The Morgan fingerprint density at radius 1 is 0.391 bits per heavy atom. The highest BCUT2D eigenvalue weighted by molar-refractivity contribution is 7.68. The van der Waals surface area contributed by atoms with Crippen molar-refractivity contribution >= 4 is 48.3 Å². The van der Waals surface area contributed by atoms with Crippen LogP contribution in [-0.2, 0) is 0 Å². The molecule has 0 saturated heterocycles. The first-order chi connectivity index (χ1) is 22.9. The van der Waals surface area contributed by atoms with Crippen LogP contribution in [0.4, 0.5) is 0 Å². The second-order valence-electron chi connectivity index (χ2n) is 15.0. The van der Waals surface area contributed by atoms with Crippen LogP contribution < -0.4 is 10.6 Å². The molecule has 8 rings (SSSR count). The molecule has 0 aliphatic heterocycles. The van der Waals surface area contributed by atoms with Crippen molar-refractivity contribution in [3.05, 3.63) is 60.9 Å². The highest BCUT2D eigenvalue weighted by Gasteiger charge is 2.38. The normalized spacial score (nSPS) is 21.5. The van der Waals surface area contributed by atoms with E-state index in [9.17, 15) is 0 Å². The predicted molar refractivity (Wildman–Crippen MR) is 203 cm³/mol. The third-order valence-corrected chi connectivity index (χ3v) is 19.3. The van der Waals surface area contributed by atoms with Crippen molar-refractivity contribution in [2.45, 2.75) is 151 Å². The zero-order chi connectivity index (χ0) is 30.7. The van der Waals surface area contributed by atoms with Gasteiger partial charge in [0.1, 0.15) is 0 Å². The van der Waals surface area contributed by atoms with Gasteiger partial charge in [-0.15, -0.1) is 0 Å². The minimum Gasteiger partial charge on any atom is -0.256 e. The Hall–Kier alpha value is -1.88. The molecule has 0 spiro atoms. The van der Waals surface area contributed by atoms with E-state index in [1.807, 2.05) is 12.4 Å². The van der Waals surface area contributed by atoms with Gasteiger partial charge in [-0.1, -0.05) is 117 Å². The fourth-order valence-corrected chi connectivity index (χ4v) is 18.0. The summed E-state index contributed by atoms with van der Waals surface area (Å²) < 4.78 is 0. The van der Waals surface area contributed by atoms with E-state index in [2.05, 4.69) is 48.5 Å². The van der Waals surface area contributed by atoms with E-state index in [4.69, 9.17) is 9.97 Å². The van der Waals surface area contributed by atoms with Gasteiger partial charge in [0.05, 0.1) is 11.0 Å². The molecule has 4 saturated carbocycles. The Morgan fingerprint density at radius 2 is 0.717 bits per heavy atom. The molecule has 4 aliphatic carbocycles. The molecule has 2 heterocycles. The second-order valence-corrected chi connectivity index (χ2v) is 20.6. The number of fused-ring (bicyclic) bond motifs is 2. The largest absolute Gasteiger partial charge is 0.256 e. The monoisotopic (exact) mass is 648 g/mol. The fraction of sp³-hybridized carbons (Fsp3) is 0.571. The van der Waals surface area contributed by atoms with Crippen LogP contribution in [-0.4, -0.2) is 32.6 Å². The highest BCUT2D eigenvalue weighted by Crippen LogP contribution is 2.60. The first-order valence-electron chi connectivity index (χ1n) is 19.2. The van der Waals surface area contributed by atoms with Gasteiger partial charge in [-0.25, -0.2) is 0 Å². The van der Waals surface area contributed by atoms with E-state index < -0.39 is 0 Å². The lowest BCUT2D eigenvalue weighted by Gasteiger charge is -2.41. The van der Waals surface area contributed by atoms with Gasteiger partial charge in [-0.2, -0.15) is 0 Å². The van der Waals surface area contributed by atoms with E-state index in [0.717, 1.165) is 22.6 Å². The molecule has 4 fully saturated rings. The van der Waals surface area contributed by atoms with Gasteiger partial charge < -0.3 is 0 Å². The number of pyridine rings is 2. The fourth-order valence-electron chi connectivity index (χ4n) is 10.1. The summed E-state index contributed by atoms with van der Waals surface area (Å²) in [5.74, 6) is 0. The van der Waals surface area contributed by atoms with E-state index in [-0.39, 0.29) is 15.8 Å². The number of aromatic nitrogens is 2. The van der Waals surface area contributed by atoms with Gasteiger partial charge in [-0.3, -0.25) is 9.97 Å². The number of benzene rings is 2.